The van der Waals surface area contributed by atoms with Crippen molar-refractivity contribution in [3.05, 3.63) is 56.7 Å². The molecule has 1 aliphatic heterocycles. The van der Waals surface area contributed by atoms with E-state index in [0.717, 1.165) is 15.3 Å². The largest absolute Gasteiger partial charge is 0.335 e. The molecule has 0 atom stereocenters. The first-order chi connectivity index (χ1) is 11.0. The molecule has 0 unspecified atom stereocenters. The van der Waals surface area contributed by atoms with Crippen LogP contribution >= 0.6 is 22.9 Å². The summed E-state index contributed by atoms with van der Waals surface area (Å²) in [5, 5.41) is 4.44. The van der Waals surface area contributed by atoms with Crippen LogP contribution in [-0.2, 0) is 9.59 Å². The molecular weight excluding hydrogens is 336 g/mol. The average Bonchev–Trinajstić information content (AvgIpc) is 3.00. The molecule has 1 aromatic heterocycles. The highest BCUT2D eigenvalue weighted by Gasteiger charge is 2.36. The topological polar surface area (TPSA) is 66.5 Å². The maximum Gasteiger partial charge on any atom is 0.335 e. The molecule has 2 heterocycles. The number of hydrogen-bond donors (Lipinski definition) is 1. The number of aryl methyl sites for hydroxylation is 1. The molecule has 1 aliphatic rings. The van der Waals surface area contributed by atoms with Crippen LogP contribution in [0.25, 0.3) is 6.08 Å². The molecule has 116 valence electrons. The van der Waals surface area contributed by atoms with Gasteiger partial charge in [-0.2, -0.15) is 0 Å². The van der Waals surface area contributed by atoms with E-state index in [1.54, 1.807) is 18.2 Å². The summed E-state index contributed by atoms with van der Waals surface area (Å²) in [6.45, 7) is 1.82. The number of benzene rings is 1. The van der Waals surface area contributed by atoms with Crippen molar-refractivity contribution in [2.45, 2.75) is 6.92 Å². The summed E-state index contributed by atoms with van der Waals surface area (Å²) >= 11 is 7.45. The van der Waals surface area contributed by atoms with Crippen LogP contribution in [-0.4, -0.2) is 17.8 Å². The lowest BCUT2D eigenvalue weighted by atomic mass is 10.1. The second kappa shape index (κ2) is 5.98. The molecule has 1 saturated heterocycles. The lowest BCUT2D eigenvalue weighted by Gasteiger charge is -2.26. The van der Waals surface area contributed by atoms with Gasteiger partial charge in [0.2, 0.25) is 0 Å². The zero-order valence-electron chi connectivity index (χ0n) is 12.0. The second-order valence-corrected chi connectivity index (χ2v) is 6.29. The van der Waals surface area contributed by atoms with Crippen molar-refractivity contribution >= 4 is 52.5 Å². The van der Waals surface area contributed by atoms with Gasteiger partial charge < -0.3 is 0 Å². The minimum absolute atomic E-state index is 0.0938. The van der Waals surface area contributed by atoms with Gasteiger partial charge in [0.15, 0.2) is 0 Å². The molecule has 23 heavy (non-hydrogen) atoms. The monoisotopic (exact) mass is 346 g/mol. The summed E-state index contributed by atoms with van der Waals surface area (Å²) in [6.07, 6.45) is 1.47. The number of rotatable bonds is 2. The standard InChI is InChI=1S/C16H11ClN2O3S/c1-9-4-5-10(7-13(9)17)19-15(21)12(14(20)18-16(19)22)8-11-3-2-6-23-11/h2-8H,1H3,(H,18,20,22)/b12-8-. The maximum atomic E-state index is 12.6. The number of carbonyl (C=O) groups is 3. The number of hydrogen-bond acceptors (Lipinski definition) is 4. The summed E-state index contributed by atoms with van der Waals surface area (Å²) in [6, 6.07) is 7.64. The maximum absolute atomic E-state index is 12.6. The molecule has 5 nitrogen and oxygen atoms in total. The summed E-state index contributed by atoms with van der Waals surface area (Å²) in [4.78, 5) is 38.3. The summed E-state index contributed by atoms with van der Waals surface area (Å²) < 4.78 is 0. The highest BCUT2D eigenvalue weighted by Crippen LogP contribution is 2.27. The van der Waals surface area contributed by atoms with E-state index in [4.69, 9.17) is 11.6 Å². The third-order valence-electron chi connectivity index (χ3n) is 3.35. The van der Waals surface area contributed by atoms with Crippen LogP contribution in [0.4, 0.5) is 10.5 Å². The molecule has 0 aliphatic carbocycles. The van der Waals surface area contributed by atoms with Crippen molar-refractivity contribution in [1.29, 1.82) is 0 Å². The Morgan fingerprint density at radius 2 is 2.00 bits per heavy atom. The van der Waals surface area contributed by atoms with Crippen molar-refractivity contribution in [1.82, 2.24) is 5.32 Å². The van der Waals surface area contributed by atoms with E-state index in [9.17, 15) is 14.4 Å². The number of amides is 4. The lowest BCUT2D eigenvalue weighted by molar-refractivity contribution is -0.122. The van der Waals surface area contributed by atoms with E-state index in [0.29, 0.717) is 10.7 Å². The number of urea groups is 1. The predicted octanol–water partition coefficient (Wildman–Crippen LogP) is 3.38. The highest BCUT2D eigenvalue weighted by molar-refractivity contribution is 7.10. The molecule has 4 amide bonds. The van der Waals surface area contributed by atoms with Gasteiger partial charge in [-0.25, -0.2) is 9.69 Å². The van der Waals surface area contributed by atoms with Gasteiger partial charge >= 0.3 is 6.03 Å². The van der Waals surface area contributed by atoms with Gasteiger partial charge in [0.05, 0.1) is 5.69 Å². The Bertz CT molecular complexity index is 843. The summed E-state index contributed by atoms with van der Waals surface area (Å²) in [7, 11) is 0. The Labute approximate surface area is 141 Å². The number of imide groups is 2. The third kappa shape index (κ3) is 2.91. The average molecular weight is 347 g/mol. The molecule has 3 rings (SSSR count). The van der Waals surface area contributed by atoms with Crippen LogP contribution in [0.15, 0.2) is 41.3 Å². The quantitative estimate of drug-likeness (QED) is 0.669. The molecule has 0 spiro atoms. The highest BCUT2D eigenvalue weighted by atomic mass is 35.5. The fourth-order valence-corrected chi connectivity index (χ4v) is 2.96. The van der Waals surface area contributed by atoms with Crippen LogP contribution in [0.1, 0.15) is 10.4 Å². The number of nitrogens with one attached hydrogen (secondary N) is 1. The van der Waals surface area contributed by atoms with E-state index in [-0.39, 0.29) is 5.57 Å². The minimum atomic E-state index is -0.789. The molecule has 2 aromatic rings. The molecule has 1 fully saturated rings. The zero-order valence-corrected chi connectivity index (χ0v) is 13.6. The number of carbonyl (C=O) groups excluding carboxylic acids is 3. The smallest absolute Gasteiger partial charge is 0.273 e. The Balaban J connectivity index is 2.03. The first kappa shape index (κ1) is 15.5. The first-order valence-corrected chi connectivity index (χ1v) is 7.94. The van der Waals surface area contributed by atoms with E-state index in [1.165, 1.54) is 23.5 Å². The zero-order chi connectivity index (χ0) is 16.6. The van der Waals surface area contributed by atoms with Crippen LogP contribution in [0.2, 0.25) is 5.02 Å². The van der Waals surface area contributed by atoms with Crippen LogP contribution in [0.3, 0.4) is 0 Å². The molecule has 7 heteroatoms. The van der Waals surface area contributed by atoms with Crippen LogP contribution in [0, 0.1) is 6.92 Å². The SMILES string of the molecule is Cc1ccc(N2C(=O)NC(=O)/C(=C/c3cccs3)C2=O)cc1Cl. The van der Waals surface area contributed by atoms with E-state index in [2.05, 4.69) is 5.32 Å². The number of nitrogens with zero attached hydrogens (tertiary/aromatic N) is 1. The van der Waals surface area contributed by atoms with Crippen LogP contribution < -0.4 is 10.2 Å². The number of thiophene rings is 1. The predicted molar refractivity (Wildman–Crippen MR) is 89.5 cm³/mol. The number of barbiturate groups is 1. The molecule has 0 radical (unpaired) electrons. The normalized spacial score (nSPS) is 16.9. The Kier molecular flexibility index (Phi) is 4.02. The van der Waals surface area contributed by atoms with Crippen molar-refractivity contribution in [3.8, 4) is 0 Å². The molecule has 0 bridgehead atoms. The molecule has 1 aromatic carbocycles. The molecular formula is C16H11ClN2O3S. The van der Waals surface area contributed by atoms with E-state index in [1.807, 2.05) is 18.4 Å². The minimum Gasteiger partial charge on any atom is -0.273 e. The second-order valence-electron chi connectivity index (χ2n) is 4.91. The first-order valence-electron chi connectivity index (χ1n) is 6.68. The fraction of sp³-hybridized carbons (Fsp3) is 0.0625. The Morgan fingerprint density at radius 3 is 2.65 bits per heavy atom. The van der Waals surface area contributed by atoms with Gasteiger partial charge in [-0.1, -0.05) is 23.7 Å². The number of halogens is 1. The van der Waals surface area contributed by atoms with Crippen molar-refractivity contribution in [2.24, 2.45) is 0 Å². The van der Waals surface area contributed by atoms with Gasteiger partial charge in [0.1, 0.15) is 5.57 Å². The molecule has 0 saturated carbocycles. The van der Waals surface area contributed by atoms with Gasteiger partial charge in [-0.15, -0.1) is 11.3 Å². The Hall–Kier alpha value is -2.44. The summed E-state index contributed by atoms with van der Waals surface area (Å²) in [5.74, 6) is -1.38. The van der Waals surface area contributed by atoms with Gasteiger partial charge in [0, 0.05) is 9.90 Å². The van der Waals surface area contributed by atoms with Gasteiger partial charge in [0.25, 0.3) is 11.8 Å². The molecule has 1 N–H and O–H groups in total. The fourth-order valence-electron chi connectivity index (χ4n) is 2.13. The summed E-state index contributed by atoms with van der Waals surface area (Å²) in [5.41, 5.74) is 1.04. The van der Waals surface area contributed by atoms with Crippen molar-refractivity contribution in [3.63, 3.8) is 0 Å². The lowest BCUT2D eigenvalue weighted by Crippen LogP contribution is -2.54. The van der Waals surface area contributed by atoms with Gasteiger partial charge in [-0.05, 0) is 42.1 Å². The number of anilines is 1. The van der Waals surface area contributed by atoms with Crippen molar-refractivity contribution < 1.29 is 14.4 Å². The Morgan fingerprint density at radius 1 is 1.22 bits per heavy atom. The van der Waals surface area contributed by atoms with Crippen molar-refractivity contribution in [2.75, 3.05) is 4.90 Å². The van der Waals surface area contributed by atoms with Gasteiger partial charge in [-0.3, -0.25) is 14.9 Å². The van der Waals surface area contributed by atoms with E-state index < -0.39 is 17.8 Å². The van der Waals surface area contributed by atoms with Crippen LogP contribution in [0.5, 0.6) is 0 Å². The van der Waals surface area contributed by atoms with E-state index >= 15 is 0 Å². The third-order valence-corrected chi connectivity index (χ3v) is 4.57.